The molecule has 1 aromatic carbocycles. The van der Waals surface area contributed by atoms with Gasteiger partial charge in [-0.25, -0.2) is 8.78 Å². The average molecular weight is 400 g/mol. The zero-order chi connectivity index (χ0) is 20.2. The summed E-state index contributed by atoms with van der Waals surface area (Å²) in [4.78, 5) is 0. The van der Waals surface area contributed by atoms with Crippen molar-refractivity contribution in [2.75, 3.05) is 0 Å². The third kappa shape index (κ3) is 6.04. The molecule has 0 spiro atoms. The maximum atomic E-state index is 13.9. The second-order valence-electron chi connectivity index (χ2n) is 6.36. The summed E-state index contributed by atoms with van der Waals surface area (Å²) >= 11 is 0. The SMILES string of the molecule is CCCC1CCC(CCC(F)(F)Oc2cc(F)c(C(F)(F)F)c(F)c2)=CO1. The molecule has 2 nitrogen and oxygen atoms in total. The Morgan fingerprint density at radius 1 is 1.11 bits per heavy atom. The van der Waals surface area contributed by atoms with Crippen LogP contribution in [-0.2, 0) is 10.9 Å². The maximum absolute atomic E-state index is 13.9. The fourth-order valence-electron chi connectivity index (χ4n) is 2.79. The van der Waals surface area contributed by atoms with Crippen LogP contribution >= 0.6 is 0 Å². The molecule has 1 unspecified atom stereocenters. The molecule has 0 amide bonds. The lowest BCUT2D eigenvalue weighted by atomic mass is 9.99. The zero-order valence-electron chi connectivity index (χ0n) is 14.5. The molecule has 27 heavy (non-hydrogen) atoms. The van der Waals surface area contributed by atoms with Crippen molar-refractivity contribution in [1.29, 1.82) is 0 Å². The van der Waals surface area contributed by atoms with E-state index in [1.54, 1.807) is 0 Å². The predicted molar refractivity (Wildman–Crippen MR) is 83.3 cm³/mol. The summed E-state index contributed by atoms with van der Waals surface area (Å²) in [5.41, 5.74) is -1.50. The standard InChI is InChI=1S/C18H19F7O2/c1-2-3-12-5-4-11(10-26-12)6-7-17(21,22)27-13-8-14(19)16(15(20)9-13)18(23,24)25/h8-10,12H,2-7H2,1H3. The second kappa shape index (κ2) is 8.39. The van der Waals surface area contributed by atoms with E-state index in [2.05, 4.69) is 4.74 Å². The second-order valence-corrected chi connectivity index (χ2v) is 6.36. The fraction of sp³-hybridized carbons (Fsp3) is 0.556. The van der Waals surface area contributed by atoms with Crippen LogP contribution in [0.5, 0.6) is 5.75 Å². The first kappa shape index (κ1) is 21.4. The number of alkyl halides is 5. The van der Waals surface area contributed by atoms with Crippen molar-refractivity contribution < 1.29 is 40.2 Å². The molecule has 152 valence electrons. The number of hydrogen-bond donors (Lipinski definition) is 0. The van der Waals surface area contributed by atoms with Gasteiger partial charge < -0.3 is 9.47 Å². The van der Waals surface area contributed by atoms with Gasteiger partial charge >= 0.3 is 12.3 Å². The van der Waals surface area contributed by atoms with E-state index in [1.165, 1.54) is 6.26 Å². The Bertz CT molecular complexity index is 660. The summed E-state index contributed by atoms with van der Waals surface area (Å²) < 4.78 is 102. The van der Waals surface area contributed by atoms with Crippen molar-refractivity contribution in [2.24, 2.45) is 0 Å². The number of ether oxygens (including phenoxy) is 2. The molecule has 0 saturated carbocycles. The molecule has 1 aliphatic rings. The third-order valence-corrected chi connectivity index (χ3v) is 4.13. The van der Waals surface area contributed by atoms with E-state index in [4.69, 9.17) is 4.74 Å². The van der Waals surface area contributed by atoms with E-state index in [0.29, 0.717) is 18.4 Å². The largest absolute Gasteiger partial charge is 0.498 e. The van der Waals surface area contributed by atoms with Crippen LogP contribution < -0.4 is 4.74 Å². The Balaban J connectivity index is 1.98. The molecule has 0 radical (unpaired) electrons. The van der Waals surface area contributed by atoms with E-state index in [0.717, 1.165) is 12.8 Å². The van der Waals surface area contributed by atoms with Gasteiger partial charge in [-0.05, 0) is 31.3 Å². The first-order chi connectivity index (χ1) is 12.5. The van der Waals surface area contributed by atoms with E-state index in [-0.39, 0.29) is 24.7 Å². The summed E-state index contributed by atoms with van der Waals surface area (Å²) in [5.74, 6) is -5.04. The molecule has 0 bridgehead atoms. The number of hydrogen-bond acceptors (Lipinski definition) is 2. The van der Waals surface area contributed by atoms with Crippen LogP contribution in [-0.4, -0.2) is 12.2 Å². The lowest BCUT2D eigenvalue weighted by Gasteiger charge is -2.24. The molecular weight excluding hydrogens is 381 g/mol. The van der Waals surface area contributed by atoms with Crippen LogP contribution in [0.4, 0.5) is 30.7 Å². The van der Waals surface area contributed by atoms with Gasteiger partial charge in [-0.3, -0.25) is 0 Å². The molecule has 0 fully saturated rings. The normalized spacial score (nSPS) is 18.1. The molecule has 9 heteroatoms. The fourth-order valence-corrected chi connectivity index (χ4v) is 2.79. The molecular formula is C18H19F7O2. The highest BCUT2D eigenvalue weighted by Crippen LogP contribution is 2.37. The first-order valence-electron chi connectivity index (χ1n) is 8.48. The monoisotopic (exact) mass is 400 g/mol. The smallest absolute Gasteiger partial charge is 0.422 e. The maximum Gasteiger partial charge on any atom is 0.422 e. The summed E-state index contributed by atoms with van der Waals surface area (Å²) in [6.45, 7) is 2.01. The van der Waals surface area contributed by atoms with Gasteiger partial charge in [0.15, 0.2) is 0 Å². The minimum Gasteiger partial charge on any atom is -0.498 e. The van der Waals surface area contributed by atoms with Gasteiger partial charge in [0.25, 0.3) is 0 Å². The molecule has 1 aliphatic heterocycles. The molecule has 2 rings (SSSR count). The van der Waals surface area contributed by atoms with Crippen molar-refractivity contribution in [3.63, 3.8) is 0 Å². The Kier molecular flexibility index (Phi) is 6.64. The van der Waals surface area contributed by atoms with E-state index in [9.17, 15) is 30.7 Å². The van der Waals surface area contributed by atoms with Gasteiger partial charge in [0.05, 0.1) is 18.8 Å². The van der Waals surface area contributed by atoms with Crippen molar-refractivity contribution in [3.05, 3.63) is 41.2 Å². The molecule has 0 aliphatic carbocycles. The van der Waals surface area contributed by atoms with Gasteiger partial charge in [0.1, 0.15) is 22.9 Å². The van der Waals surface area contributed by atoms with Crippen LogP contribution in [0.25, 0.3) is 0 Å². The van der Waals surface area contributed by atoms with Crippen molar-refractivity contribution in [1.82, 2.24) is 0 Å². The first-order valence-corrected chi connectivity index (χ1v) is 8.48. The quantitative estimate of drug-likeness (QED) is 0.480. The van der Waals surface area contributed by atoms with E-state index in [1.807, 2.05) is 6.92 Å². The highest BCUT2D eigenvalue weighted by atomic mass is 19.4. The Morgan fingerprint density at radius 2 is 1.74 bits per heavy atom. The van der Waals surface area contributed by atoms with Gasteiger partial charge in [-0.15, -0.1) is 0 Å². The highest BCUT2D eigenvalue weighted by molar-refractivity contribution is 5.32. The van der Waals surface area contributed by atoms with Gasteiger partial charge in [-0.1, -0.05) is 13.3 Å². The number of rotatable bonds is 7. The predicted octanol–water partition coefficient (Wildman–Crippen LogP) is 6.60. The summed E-state index contributed by atoms with van der Waals surface area (Å²) in [7, 11) is 0. The zero-order valence-corrected chi connectivity index (χ0v) is 14.5. The lowest BCUT2D eigenvalue weighted by molar-refractivity contribution is -0.180. The van der Waals surface area contributed by atoms with Gasteiger partial charge in [-0.2, -0.15) is 22.0 Å². The van der Waals surface area contributed by atoms with Gasteiger partial charge in [0, 0.05) is 12.1 Å². The molecule has 1 atom stereocenters. The Hall–Kier alpha value is -1.93. The van der Waals surface area contributed by atoms with Crippen LogP contribution in [0, 0.1) is 11.6 Å². The van der Waals surface area contributed by atoms with Gasteiger partial charge in [0.2, 0.25) is 0 Å². The topological polar surface area (TPSA) is 18.5 Å². The van der Waals surface area contributed by atoms with Crippen molar-refractivity contribution >= 4 is 0 Å². The number of halogens is 7. The van der Waals surface area contributed by atoms with Crippen molar-refractivity contribution in [2.45, 2.75) is 63.8 Å². The molecule has 0 saturated heterocycles. The minimum absolute atomic E-state index is 0.0635. The Labute approximate surface area is 152 Å². The summed E-state index contributed by atoms with van der Waals surface area (Å²) in [6.07, 6.45) is -5.34. The van der Waals surface area contributed by atoms with Crippen LogP contribution in [0.1, 0.15) is 51.0 Å². The number of allylic oxidation sites excluding steroid dienone is 1. The van der Waals surface area contributed by atoms with Crippen LogP contribution in [0.15, 0.2) is 24.0 Å². The average Bonchev–Trinajstić information content (AvgIpc) is 2.52. The summed E-state index contributed by atoms with van der Waals surface area (Å²) in [6, 6.07) is 0.191. The number of benzene rings is 1. The molecule has 0 N–H and O–H groups in total. The summed E-state index contributed by atoms with van der Waals surface area (Å²) in [5, 5.41) is 0. The molecule has 0 aromatic heterocycles. The third-order valence-electron chi connectivity index (χ3n) is 4.13. The lowest BCUT2D eigenvalue weighted by Crippen LogP contribution is -2.25. The van der Waals surface area contributed by atoms with Crippen LogP contribution in [0.3, 0.4) is 0 Å². The van der Waals surface area contributed by atoms with Crippen LogP contribution in [0.2, 0.25) is 0 Å². The van der Waals surface area contributed by atoms with E-state index >= 15 is 0 Å². The Morgan fingerprint density at radius 3 is 2.22 bits per heavy atom. The molecule has 1 heterocycles. The van der Waals surface area contributed by atoms with E-state index < -0.39 is 41.7 Å². The molecule has 1 aromatic rings. The highest BCUT2D eigenvalue weighted by Gasteiger charge is 2.39. The minimum atomic E-state index is -5.28. The van der Waals surface area contributed by atoms with Crippen molar-refractivity contribution in [3.8, 4) is 5.75 Å².